The van der Waals surface area contributed by atoms with Gasteiger partial charge in [0.1, 0.15) is 14.8 Å². The lowest BCUT2D eigenvalue weighted by Gasteiger charge is -2.26. The van der Waals surface area contributed by atoms with Gasteiger partial charge in [-0.2, -0.15) is 0 Å². The number of hydrogen-bond donors (Lipinski definition) is 1. The zero-order valence-electron chi connectivity index (χ0n) is 19.8. The van der Waals surface area contributed by atoms with Crippen LogP contribution in [0, 0.1) is 13.8 Å². The number of likely N-dealkylation sites (N-methyl/N-ethyl adjacent to an activating group) is 1. The number of aryl methyl sites for hydroxylation is 1. The maximum absolute atomic E-state index is 13.2. The smallest absolute Gasteiger partial charge is 0.266 e. The summed E-state index contributed by atoms with van der Waals surface area (Å²) in [5.41, 5.74) is 2.00. The Kier molecular flexibility index (Phi) is 7.25. The molecule has 1 N–H and O–H groups in total. The molecule has 9 nitrogen and oxygen atoms in total. The number of rotatable bonds is 7. The van der Waals surface area contributed by atoms with Crippen LogP contribution in [0.25, 0.3) is 10.7 Å². The minimum Gasteiger partial charge on any atom is -0.378 e. The average molecular weight is 496 g/mol. The third-order valence-corrected chi connectivity index (χ3v) is 9.41. The van der Waals surface area contributed by atoms with E-state index < -0.39 is 10.0 Å². The van der Waals surface area contributed by atoms with Gasteiger partial charge in [-0.25, -0.2) is 18.1 Å². The van der Waals surface area contributed by atoms with Gasteiger partial charge < -0.3 is 14.2 Å². The van der Waals surface area contributed by atoms with Crippen LogP contribution in [0.3, 0.4) is 0 Å². The van der Waals surface area contributed by atoms with E-state index in [0.29, 0.717) is 59.8 Å². The molecule has 4 rings (SSSR count). The molecule has 0 saturated carbocycles. The highest BCUT2D eigenvalue weighted by Gasteiger charge is 2.29. The van der Waals surface area contributed by atoms with Crippen molar-refractivity contribution in [1.82, 2.24) is 24.1 Å². The molecular formula is C22H33N5O4S2. The Morgan fingerprint density at radius 1 is 1.27 bits per heavy atom. The standard InChI is InChI=1S/C22H33N5O4S2/c1-5-26-8-6-7-17(26)14-23-33(29,30)19-13-18(25(4)16(19)3)21-24-15(2)20(32-21)22(28)27-9-11-31-12-10-27/h13,17,23H,5-12,14H2,1-4H3. The van der Waals surface area contributed by atoms with Crippen molar-refractivity contribution >= 4 is 27.3 Å². The second-order valence-corrected chi connectivity index (χ2v) is 11.4. The molecule has 2 aliphatic rings. The van der Waals surface area contributed by atoms with Gasteiger partial charge >= 0.3 is 0 Å². The highest BCUT2D eigenvalue weighted by Crippen LogP contribution is 2.33. The zero-order chi connectivity index (χ0) is 23.8. The molecule has 0 aliphatic carbocycles. The number of likely N-dealkylation sites (tertiary alicyclic amines) is 1. The highest BCUT2D eigenvalue weighted by molar-refractivity contribution is 7.89. The molecule has 0 radical (unpaired) electrons. The van der Waals surface area contributed by atoms with Gasteiger partial charge in [0.15, 0.2) is 0 Å². The number of thiazole rings is 1. The van der Waals surface area contributed by atoms with E-state index in [0.717, 1.165) is 25.9 Å². The van der Waals surface area contributed by atoms with Crippen LogP contribution in [0.15, 0.2) is 11.0 Å². The molecule has 2 aliphatic heterocycles. The zero-order valence-corrected chi connectivity index (χ0v) is 21.4. The number of sulfonamides is 1. The number of ether oxygens (including phenoxy) is 1. The summed E-state index contributed by atoms with van der Waals surface area (Å²) in [5, 5.41) is 0.643. The molecule has 2 fully saturated rings. The summed E-state index contributed by atoms with van der Waals surface area (Å²) >= 11 is 1.31. The fourth-order valence-electron chi connectivity index (χ4n) is 4.59. The number of carbonyl (C=O) groups excluding carboxylic acids is 1. The quantitative estimate of drug-likeness (QED) is 0.631. The van der Waals surface area contributed by atoms with Crippen LogP contribution >= 0.6 is 11.3 Å². The Morgan fingerprint density at radius 3 is 2.70 bits per heavy atom. The Labute approximate surface area is 199 Å². The van der Waals surface area contributed by atoms with Crippen molar-refractivity contribution in [2.75, 3.05) is 45.9 Å². The number of morpholine rings is 1. The normalized spacial score (nSPS) is 20.0. The topological polar surface area (TPSA) is 96.8 Å². The van der Waals surface area contributed by atoms with E-state index in [-0.39, 0.29) is 16.8 Å². The minimum atomic E-state index is -3.67. The van der Waals surface area contributed by atoms with Gasteiger partial charge in [0.25, 0.3) is 5.91 Å². The van der Waals surface area contributed by atoms with E-state index in [4.69, 9.17) is 4.74 Å². The Balaban J connectivity index is 1.56. The van der Waals surface area contributed by atoms with Crippen molar-refractivity contribution in [3.8, 4) is 10.7 Å². The van der Waals surface area contributed by atoms with E-state index in [2.05, 4.69) is 21.5 Å². The molecule has 182 valence electrons. The van der Waals surface area contributed by atoms with E-state index in [1.54, 1.807) is 17.9 Å². The predicted molar refractivity (Wildman–Crippen MR) is 128 cm³/mol. The average Bonchev–Trinajstić information content (AvgIpc) is 3.50. The molecule has 1 unspecified atom stereocenters. The van der Waals surface area contributed by atoms with Crippen LogP contribution < -0.4 is 4.72 Å². The molecule has 2 aromatic heterocycles. The summed E-state index contributed by atoms with van der Waals surface area (Å²) in [4.78, 5) is 22.5. The van der Waals surface area contributed by atoms with Crippen molar-refractivity contribution in [3.05, 3.63) is 22.3 Å². The third kappa shape index (κ3) is 4.88. The van der Waals surface area contributed by atoms with Gasteiger partial charge in [-0.3, -0.25) is 9.69 Å². The number of nitrogens with zero attached hydrogens (tertiary/aromatic N) is 4. The summed E-state index contributed by atoms with van der Waals surface area (Å²) in [6, 6.07) is 1.91. The molecule has 1 amide bonds. The minimum absolute atomic E-state index is 0.0444. The molecule has 0 aromatic carbocycles. The monoisotopic (exact) mass is 495 g/mol. The van der Waals surface area contributed by atoms with Crippen molar-refractivity contribution in [2.45, 2.75) is 44.6 Å². The fraction of sp³-hybridized carbons (Fsp3) is 0.636. The van der Waals surface area contributed by atoms with E-state index in [9.17, 15) is 13.2 Å². The van der Waals surface area contributed by atoms with Crippen molar-refractivity contribution in [1.29, 1.82) is 0 Å². The summed E-state index contributed by atoms with van der Waals surface area (Å²) in [5.74, 6) is -0.0444. The van der Waals surface area contributed by atoms with Crippen LogP contribution in [0.2, 0.25) is 0 Å². The number of nitrogens with one attached hydrogen (secondary N) is 1. The number of amides is 1. The van der Waals surface area contributed by atoms with Crippen molar-refractivity contribution < 1.29 is 17.9 Å². The molecule has 0 spiro atoms. The Hall–Kier alpha value is -1.79. The van der Waals surface area contributed by atoms with E-state index >= 15 is 0 Å². The first-order valence-corrected chi connectivity index (χ1v) is 13.8. The second kappa shape index (κ2) is 9.83. The number of hydrogen-bond acceptors (Lipinski definition) is 7. The lowest BCUT2D eigenvalue weighted by molar-refractivity contribution is 0.0305. The van der Waals surface area contributed by atoms with Gasteiger partial charge in [-0.1, -0.05) is 6.92 Å². The summed E-state index contributed by atoms with van der Waals surface area (Å²) in [6.45, 7) is 10.3. The van der Waals surface area contributed by atoms with Gasteiger partial charge in [0.2, 0.25) is 10.0 Å². The van der Waals surface area contributed by atoms with Crippen molar-refractivity contribution in [2.24, 2.45) is 7.05 Å². The maximum atomic E-state index is 13.2. The molecule has 4 heterocycles. The van der Waals surface area contributed by atoms with E-state index in [1.165, 1.54) is 11.3 Å². The maximum Gasteiger partial charge on any atom is 0.266 e. The molecule has 33 heavy (non-hydrogen) atoms. The third-order valence-electron chi connectivity index (χ3n) is 6.70. The van der Waals surface area contributed by atoms with Crippen LogP contribution in [-0.4, -0.2) is 85.7 Å². The molecule has 1 atom stereocenters. The van der Waals surface area contributed by atoms with Gasteiger partial charge in [-0.15, -0.1) is 11.3 Å². The first kappa shape index (κ1) is 24.3. The summed E-state index contributed by atoms with van der Waals surface area (Å²) in [6.07, 6.45) is 2.11. The van der Waals surface area contributed by atoms with E-state index in [1.807, 2.05) is 18.5 Å². The summed E-state index contributed by atoms with van der Waals surface area (Å²) < 4.78 is 36.3. The predicted octanol–water partition coefficient (Wildman–Crippen LogP) is 2.00. The number of carbonyl (C=O) groups is 1. The lowest BCUT2D eigenvalue weighted by atomic mass is 10.2. The molecule has 2 aromatic rings. The fourth-order valence-corrected chi connectivity index (χ4v) is 7.04. The van der Waals surface area contributed by atoms with Gasteiger partial charge in [0.05, 0.1) is 24.6 Å². The van der Waals surface area contributed by atoms with Gasteiger partial charge in [0, 0.05) is 38.4 Å². The summed E-state index contributed by atoms with van der Waals surface area (Å²) in [7, 11) is -1.83. The van der Waals surface area contributed by atoms with Crippen molar-refractivity contribution in [3.63, 3.8) is 0 Å². The van der Waals surface area contributed by atoms with Crippen LogP contribution in [-0.2, 0) is 21.8 Å². The van der Waals surface area contributed by atoms with Crippen LogP contribution in [0.4, 0.5) is 0 Å². The van der Waals surface area contributed by atoms with Crippen LogP contribution in [0.1, 0.15) is 40.8 Å². The molecular weight excluding hydrogens is 462 g/mol. The Bertz CT molecular complexity index is 1120. The Morgan fingerprint density at radius 2 is 2.00 bits per heavy atom. The largest absolute Gasteiger partial charge is 0.378 e. The number of aromatic nitrogens is 2. The molecule has 2 saturated heterocycles. The first-order chi connectivity index (χ1) is 15.7. The second-order valence-electron chi connectivity index (χ2n) is 8.65. The highest BCUT2D eigenvalue weighted by atomic mass is 32.2. The van der Waals surface area contributed by atoms with Crippen LogP contribution in [0.5, 0.6) is 0 Å². The SMILES string of the molecule is CCN1CCCC1CNS(=O)(=O)c1cc(-c2nc(C)c(C(=O)N3CCOCC3)s2)n(C)c1C. The molecule has 0 bridgehead atoms. The van der Waals surface area contributed by atoms with Gasteiger partial charge in [-0.05, 0) is 45.8 Å². The molecule has 11 heteroatoms. The lowest BCUT2D eigenvalue weighted by Crippen LogP contribution is -2.40. The first-order valence-electron chi connectivity index (χ1n) is 11.5.